The minimum absolute atomic E-state index is 0.518. The van der Waals surface area contributed by atoms with Crippen molar-refractivity contribution in [2.75, 3.05) is 0 Å². The molecule has 0 fully saturated rings. The normalized spacial score (nSPS) is 11.4. The number of fused-ring (bicyclic) bond motifs is 6. The van der Waals surface area contributed by atoms with E-state index in [1.165, 1.54) is 37.9 Å². The van der Waals surface area contributed by atoms with Crippen LogP contribution in [0.25, 0.3) is 111 Å². The van der Waals surface area contributed by atoms with E-state index in [1.807, 2.05) is 18.2 Å². The molecule has 0 saturated heterocycles. The molecule has 4 heteroatoms. The lowest BCUT2D eigenvalue weighted by Gasteiger charge is -2.14. The minimum atomic E-state index is 0.518. The third kappa shape index (κ3) is 5.96. The lowest BCUT2D eigenvalue weighted by Crippen LogP contribution is -2.02. The standard InChI is InChI=1S/C54H34N4/c1-3-12-35(13-4-1)41-27-29-48(49(34-41)37-14-5-2-6-15-37)53-56-52(40-24-22-39(23-25-40)43-21-11-18-36-16-7-9-19-42(36)43)57-54(58-53)51-33-31-47-46-28-26-38-17-8-10-20-44(38)45(46)30-32-50(47)55-51/h1-34H. The first-order chi connectivity index (χ1) is 28.7. The highest BCUT2D eigenvalue weighted by atomic mass is 15.0. The first kappa shape index (κ1) is 33.5. The van der Waals surface area contributed by atoms with E-state index in [2.05, 4.69) is 188 Å². The molecule has 0 bridgehead atoms. The molecule has 4 nitrogen and oxygen atoms in total. The van der Waals surface area contributed by atoms with Crippen LogP contribution < -0.4 is 0 Å². The molecule has 2 heterocycles. The highest BCUT2D eigenvalue weighted by Crippen LogP contribution is 2.37. The topological polar surface area (TPSA) is 51.6 Å². The Labute approximate surface area is 335 Å². The van der Waals surface area contributed by atoms with Crippen LogP contribution in [0.1, 0.15) is 0 Å². The largest absolute Gasteiger partial charge is 0.244 e. The fourth-order valence-corrected chi connectivity index (χ4v) is 8.25. The van der Waals surface area contributed by atoms with Crippen LogP contribution in [0.5, 0.6) is 0 Å². The van der Waals surface area contributed by atoms with Gasteiger partial charge in [0.1, 0.15) is 5.69 Å². The highest BCUT2D eigenvalue weighted by Gasteiger charge is 2.18. The van der Waals surface area contributed by atoms with Crippen molar-refractivity contribution in [3.8, 4) is 67.7 Å². The van der Waals surface area contributed by atoms with E-state index >= 15 is 0 Å². The Balaban J connectivity index is 1.09. The molecule has 0 radical (unpaired) electrons. The van der Waals surface area contributed by atoms with E-state index in [4.69, 9.17) is 19.9 Å². The molecule has 58 heavy (non-hydrogen) atoms. The van der Waals surface area contributed by atoms with Crippen LogP contribution in [-0.2, 0) is 0 Å². The van der Waals surface area contributed by atoms with Crippen LogP contribution in [0.15, 0.2) is 206 Å². The fourth-order valence-electron chi connectivity index (χ4n) is 8.25. The fraction of sp³-hybridized carbons (Fsp3) is 0. The van der Waals surface area contributed by atoms with E-state index in [0.29, 0.717) is 23.2 Å². The minimum Gasteiger partial charge on any atom is -0.244 e. The lowest BCUT2D eigenvalue weighted by molar-refractivity contribution is 1.06. The average molecular weight is 739 g/mol. The Morgan fingerprint density at radius 2 is 0.810 bits per heavy atom. The molecule has 11 aromatic rings. The number of aromatic nitrogens is 4. The maximum atomic E-state index is 5.22. The second-order valence-corrected chi connectivity index (χ2v) is 14.6. The van der Waals surface area contributed by atoms with E-state index in [-0.39, 0.29) is 0 Å². The number of pyridine rings is 1. The molecule has 0 aliphatic heterocycles. The quantitative estimate of drug-likeness (QED) is 0.159. The second kappa shape index (κ2) is 14.0. The van der Waals surface area contributed by atoms with Gasteiger partial charge in [-0.05, 0) is 96.0 Å². The SMILES string of the molecule is c1ccc(-c2ccc(-c3nc(-c4ccc(-c5cccc6ccccc56)cc4)nc(-c4ccc5c(ccc6c7ccccc7ccc56)n4)n3)c(-c3ccccc3)c2)cc1. The third-order valence-electron chi connectivity index (χ3n) is 11.2. The Hall–Kier alpha value is -7.82. The molecule has 11 rings (SSSR count). The molecule has 0 N–H and O–H groups in total. The number of benzene rings is 9. The van der Waals surface area contributed by atoms with Gasteiger partial charge in [-0.25, -0.2) is 19.9 Å². The number of hydrogen-bond acceptors (Lipinski definition) is 4. The number of hydrogen-bond donors (Lipinski definition) is 0. The van der Waals surface area contributed by atoms with Crippen LogP contribution in [0.3, 0.4) is 0 Å². The van der Waals surface area contributed by atoms with Gasteiger partial charge in [0.15, 0.2) is 17.5 Å². The van der Waals surface area contributed by atoms with Crippen molar-refractivity contribution < 1.29 is 0 Å². The first-order valence-corrected chi connectivity index (χ1v) is 19.6. The molecule has 0 amide bonds. The van der Waals surface area contributed by atoms with Crippen molar-refractivity contribution >= 4 is 43.2 Å². The molecule has 0 atom stereocenters. The Kier molecular flexibility index (Phi) is 8.11. The predicted molar refractivity (Wildman–Crippen MR) is 240 cm³/mol. The lowest BCUT2D eigenvalue weighted by atomic mass is 9.94. The zero-order chi connectivity index (χ0) is 38.4. The molecule has 9 aromatic carbocycles. The third-order valence-corrected chi connectivity index (χ3v) is 11.2. The Morgan fingerprint density at radius 3 is 1.62 bits per heavy atom. The number of nitrogens with zero attached hydrogens (tertiary/aromatic N) is 4. The molecule has 2 aromatic heterocycles. The molecule has 0 aliphatic carbocycles. The molecule has 0 saturated carbocycles. The summed E-state index contributed by atoms with van der Waals surface area (Å²) in [7, 11) is 0. The smallest absolute Gasteiger partial charge is 0.182 e. The van der Waals surface area contributed by atoms with Crippen LogP contribution >= 0.6 is 0 Å². The Bertz CT molecular complexity index is 3320. The zero-order valence-electron chi connectivity index (χ0n) is 31.4. The summed E-state index contributed by atoms with van der Waals surface area (Å²) in [5.74, 6) is 1.69. The van der Waals surface area contributed by atoms with Gasteiger partial charge in [-0.15, -0.1) is 0 Å². The summed E-state index contributed by atoms with van der Waals surface area (Å²) in [5.41, 5.74) is 10.1. The van der Waals surface area contributed by atoms with Gasteiger partial charge in [0, 0.05) is 16.5 Å². The van der Waals surface area contributed by atoms with Crippen LogP contribution in [-0.4, -0.2) is 19.9 Å². The monoisotopic (exact) mass is 738 g/mol. The predicted octanol–water partition coefficient (Wildman–Crippen LogP) is 13.9. The summed E-state index contributed by atoms with van der Waals surface area (Å²) in [5, 5.41) is 8.37. The first-order valence-electron chi connectivity index (χ1n) is 19.6. The van der Waals surface area contributed by atoms with E-state index in [0.717, 1.165) is 49.8 Å². The molecular formula is C54H34N4. The summed E-state index contributed by atoms with van der Waals surface area (Å²) in [6, 6.07) is 72.4. The van der Waals surface area contributed by atoms with Gasteiger partial charge in [-0.1, -0.05) is 176 Å². The summed E-state index contributed by atoms with van der Waals surface area (Å²) in [6.07, 6.45) is 0. The summed E-state index contributed by atoms with van der Waals surface area (Å²) in [4.78, 5) is 20.8. The van der Waals surface area contributed by atoms with Crippen LogP contribution in [0.2, 0.25) is 0 Å². The van der Waals surface area contributed by atoms with Gasteiger partial charge in [0.05, 0.1) is 5.52 Å². The van der Waals surface area contributed by atoms with Crippen molar-refractivity contribution in [1.29, 1.82) is 0 Å². The summed E-state index contributed by atoms with van der Waals surface area (Å²) >= 11 is 0. The van der Waals surface area contributed by atoms with Gasteiger partial charge >= 0.3 is 0 Å². The van der Waals surface area contributed by atoms with Gasteiger partial charge in [-0.2, -0.15) is 0 Å². The van der Waals surface area contributed by atoms with Gasteiger partial charge in [-0.3, -0.25) is 0 Å². The van der Waals surface area contributed by atoms with Gasteiger partial charge in [0.2, 0.25) is 0 Å². The summed E-state index contributed by atoms with van der Waals surface area (Å²) < 4.78 is 0. The van der Waals surface area contributed by atoms with E-state index in [9.17, 15) is 0 Å². The zero-order valence-corrected chi connectivity index (χ0v) is 31.4. The average Bonchev–Trinajstić information content (AvgIpc) is 3.31. The van der Waals surface area contributed by atoms with Crippen molar-refractivity contribution in [2.45, 2.75) is 0 Å². The maximum absolute atomic E-state index is 5.22. The van der Waals surface area contributed by atoms with Crippen molar-refractivity contribution in [1.82, 2.24) is 19.9 Å². The van der Waals surface area contributed by atoms with E-state index in [1.54, 1.807) is 0 Å². The molecule has 0 aliphatic rings. The molecule has 0 spiro atoms. The maximum Gasteiger partial charge on any atom is 0.182 e. The number of rotatable bonds is 6. The molecule has 270 valence electrons. The molecule has 0 unspecified atom stereocenters. The second-order valence-electron chi connectivity index (χ2n) is 14.6. The van der Waals surface area contributed by atoms with Crippen molar-refractivity contribution in [2.24, 2.45) is 0 Å². The highest BCUT2D eigenvalue weighted by molar-refractivity contribution is 6.16. The van der Waals surface area contributed by atoms with Crippen LogP contribution in [0.4, 0.5) is 0 Å². The molecular weight excluding hydrogens is 705 g/mol. The van der Waals surface area contributed by atoms with Crippen molar-refractivity contribution in [3.05, 3.63) is 206 Å². The van der Waals surface area contributed by atoms with Crippen LogP contribution in [0, 0.1) is 0 Å². The Morgan fingerprint density at radius 1 is 0.241 bits per heavy atom. The van der Waals surface area contributed by atoms with Crippen molar-refractivity contribution in [3.63, 3.8) is 0 Å². The van der Waals surface area contributed by atoms with Gasteiger partial charge < -0.3 is 0 Å². The van der Waals surface area contributed by atoms with E-state index < -0.39 is 0 Å². The summed E-state index contributed by atoms with van der Waals surface area (Å²) in [6.45, 7) is 0. The van der Waals surface area contributed by atoms with Gasteiger partial charge in [0.25, 0.3) is 0 Å².